The molecule has 27 heavy (non-hydrogen) atoms. The number of rotatable bonds is 1. The fraction of sp³-hybridized carbons (Fsp3) is 0.269. The van der Waals surface area contributed by atoms with Crippen LogP contribution in [0.25, 0.3) is 32.9 Å². The Balaban J connectivity index is 2.10. The van der Waals surface area contributed by atoms with E-state index in [2.05, 4.69) is 107 Å². The van der Waals surface area contributed by atoms with E-state index in [1.54, 1.807) is 0 Å². The summed E-state index contributed by atoms with van der Waals surface area (Å²) in [5, 5.41) is 4.04. The molecular formula is C26H28N+. The first-order chi connectivity index (χ1) is 12.8. The monoisotopic (exact) mass is 354 g/mol. The molecule has 0 unspecified atom stereocenters. The maximum atomic E-state index is 2.41. The van der Waals surface area contributed by atoms with Crippen molar-refractivity contribution >= 4 is 21.7 Å². The molecule has 0 aliphatic heterocycles. The molecule has 0 atom stereocenters. The third-order valence-electron chi connectivity index (χ3n) is 5.83. The lowest BCUT2D eigenvalue weighted by Gasteiger charge is -2.24. The predicted octanol–water partition coefficient (Wildman–Crippen LogP) is 6.40. The minimum absolute atomic E-state index is 0.0913. The summed E-state index contributed by atoms with van der Waals surface area (Å²) in [5.74, 6) is 0. The van der Waals surface area contributed by atoms with Crippen molar-refractivity contribution in [2.45, 2.75) is 40.0 Å². The normalized spacial score (nSPS) is 12.1. The highest BCUT2D eigenvalue weighted by Gasteiger charge is 2.23. The zero-order valence-electron chi connectivity index (χ0n) is 17.2. The molecule has 1 heterocycles. The lowest BCUT2D eigenvalue weighted by atomic mass is 9.80. The molecule has 1 aromatic heterocycles. The largest absolute Gasteiger partial charge is 0.213 e. The van der Waals surface area contributed by atoms with E-state index < -0.39 is 0 Å². The van der Waals surface area contributed by atoms with Crippen molar-refractivity contribution in [1.82, 2.24) is 0 Å². The van der Waals surface area contributed by atoms with Gasteiger partial charge in [-0.05, 0) is 58.9 Å². The Hall–Kier alpha value is -2.67. The van der Waals surface area contributed by atoms with Crippen LogP contribution in [0.15, 0.2) is 60.7 Å². The van der Waals surface area contributed by atoms with Crippen LogP contribution in [0.3, 0.4) is 0 Å². The van der Waals surface area contributed by atoms with Gasteiger partial charge in [0.25, 0.3) is 0 Å². The van der Waals surface area contributed by atoms with Gasteiger partial charge in [0, 0.05) is 23.1 Å². The number of fused-ring (bicyclic) bond motifs is 2. The molecule has 0 saturated heterocycles. The van der Waals surface area contributed by atoms with Gasteiger partial charge >= 0.3 is 0 Å². The molecule has 136 valence electrons. The lowest BCUT2D eigenvalue weighted by Crippen LogP contribution is -2.32. The molecular weight excluding hydrogens is 326 g/mol. The van der Waals surface area contributed by atoms with Crippen molar-refractivity contribution < 1.29 is 4.57 Å². The second-order valence-corrected chi connectivity index (χ2v) is 8.68. The van der Waals surface area contributed by atoms with Crippen LogP contribution in [0.5, 0.6) is 0 Å². The van der Waals surface area contributed by atoms with Crippen molar-refractivity contribution in [3.8, 4) is 11.3 Å². The highest BCUT2D eigenvalue weighted by molar-refractivity contribution is 5.94. The summed E-state index contributed by atoms with van der Waals surface area (Å²) < 4.78 is 2.34. The molecule has 0 aliphatic carbocycles. The number of nitrogens with zero attached hydrogens (tertiary/aromatic N) is 1. The summed E-state index contributed by atoms with van der Waals surface area (Å²) in [4.78, 5) is 0. The summed E-state index contributed by atoms with van der Waals surface area (Å²) in [6, 6.07) is 22.3. The fourth-order valence-corrected chi connectivity index (χ4v) is 4.26. The minimum Gasteiger partial charge on any atom is -0.194 e. The van der Waals surface area contributed by atoms with Crippen molar-refractivity contribution in [1.29, 1.82) is 0 Å². The second-order valence-electron chi connectivity index (χ2n) is 8.68. The van der Waals surface area contributed by atoms with E-state index in [4.69, 9.17) is 0 Å². The van der Waals surface area contributed by atoms with Crippen molar-refractivity contribution in [2.24, 2.45) is 7.05 Å². The van der Waals surface area contributed by atoms with E-state index in [0.29, 0.717) is 0 Å². The van der Waals surface area contributed by atoms with Gasteiger partial charge in [0.2, 0.25) is 11.2 Å². The van der Waals surface area contributed by atoms with Crippen LogP contribution >= 0.6 is 0 Å². The quantitative estimate of drug-likeness (QED) is 0.348. The molecule has 0 saturated carbocycles. The van der Waals surface area contributed by atoms with E-state index in [1.807, 2.05) is 0 Å². The molecule has 0 amide bonds. The second kappa shape index (κ2) is 6.20. The molecule has 1 heteroatoms. The van der Waals surface area contributed by atoms with Gasteiger partial charge in [0.05, 0.1) is 0 Å². The van der Waals surface area contributed by atoms with Crippen LogP contribution in [-0.2, 0) is 12.5 Å². The Bertz CT molecular complexity index is 1180. The van der Waals surface area contributed by atoms with Gasteiger partial charge in [-0.15, -0.1) is 0 Å². The highest BCUT2D eigenvalue weighted by atomic mass is 14.9. The van der Waals surface area contributed by atoms with Crippen LogP contribution in [-0.4, -0.2) is 0 Å². The van der Waals surface area contributed by atoms with Crippen LogP contribution in [0, 0.1) is 13.8 Å². The van der Waals surface area contributed by atoms with Crippen molar-refractivity contribution in [2.75, 3.05) is 0 Å². The average molecular weight is 355 g/mol. The summed E-state index contributed by atoms with van der Waals surface area (Å²) in [6.07, 6.45) is 0. The van der Waals surface area contributed by atoms with Crippen LogP contribution in [0.1, 0.15) is 37.5 Å². The zero-order valence-corrected chi connectivity index (χ0v) is 17.2. The Labute approximate surface area is 162 Å². The molecule has 0 spiro atoms. The number of pyridine rings is 1. The molecule has 0 N–H and O–H groups in total. The van der Waals surface area contributed by atoms with E-state index >= 15 is 0 Å². The Morgan fingerprint density at radius 2 is 1.44 bits per heavy atom. The topological polar surface area (TPSA) is 3.88 Å². The number of benzene rings is 3. The lowest BCUT2D eigenvalue weighted by molar-refractivity contribution is -0.633. The minimum atomic E-state index is 0.0913. The number of aromatic nitrogens is 1. The first kappa shape index (κ1) is 17.7. The Morgan fingerprint density at radius 3 is 2.15 bits per heavy atom. The molecule has 0 fully saturated rings. The molecule has 0 bridgehead atoms. The molecule has 4 rings (SSSR count). The standard InChI is InChI=1S/C26H28N/c1-17-10-9-13-24-19(17)14-15-25(27(24)6)22-16-23(26(3,4)5)21-12-8-7-11-20(21)18(22)2/h7-16H,1-6H3/q+1. The summed E-state index contributed by atoms with van der Waals surface area (Å²) in [6.45, 7) is 11.3. The first-order valence-electron chi connectivity index (χ1n) is 9.70. The number of aryl methyl sites for hydroxylation is 3. The zero-order chi connectivity index (χ0) is 19.3. The van der Waals surface area contributed by atoms with E-state index in [-0.39, 0.29) is 5.41 Å². The first-order valence-corrected chi connectivity index (χ1v) is 9.70. The maximum absolute atomic E-state index is 2.41. The smallest absolute Gasteiger partial charge is 0.194 e. The van der Waals surface area contributed by atoms with Crippen molar-refractivity contribution in [3.05, 3.63) is 77.4 Å². The molecule has 0 radical (unpaired) electrons. The van der Waals surface area contributed by atoms with Crippen LogP contribution in [0.2, 0.25) is 0 Å². The van der Waals surface area contributed by atoms with Gasteiger partial charge in [-0.1, -0.05) is 57.2 Å². The third-order valence-corrected chi connectivity index (χ3v) is 5.83. The molecule has 3 aromatic carbocycles. The predicted molar refractivity (Wildman–Crippen MR) is 116 cm³/mol. The van der Waals surface area contributed by atoms with Gasteiger partial charge in [0.15, 0.2) is 0 Å². The fourth-order valence-electron chi connectivity index (χ4n) is 4.26. The Morgan fingerprint density at radius 1 is 0.741 bits per heavy atom. The van der Waals surface area contributed by atoms with E-state index in [1.165, 1.54) is 49.6 Å². The van der Waals surface area contributed by atoms with Crippen molar-refractivity contribution in [3.63, 3.8) is 0 Å². The van der Waals surface area contributed by atoms with Gasteiger partial charge in [0.1, 0.15) is 7.05 Å². The molecule has 4 aromatic rings. The van der Waals surface area contributed by atoms with Crippen LogP contribution < -0.4 is 4.57 Å². The maximum Gasteiger partial charge on any atom is 0.213 e. The van der Waals surface area contributed by atoms with E-state index in [0.717, 1.165) is 0 Å². The molecule has 0 aliphatic rings. The van der Waals surface area contributed by atoms with Gasteiger partial charge in [-0.2, -0.15) is 4.57 Å². The molecule has 1 nitrogen and oxygen atoms in total. The van der Waals surface area contributed by atoms with Gasteiger partial charge in [-0.3, -0.25) is 0 Å². The summed E-state index contributed by atoms with van der Waals surface area (Å²) >= 11 is 0. The number of hydrogen-bond acceptors (Lipinski definition) is 0. The van der Waals surface area contributed by atoms with Crippen LogP contribution in [0.4, 0.5) is 0 Å². The summed E-state index contributed by atoms with van der Waals surface area (Å²) in [5.41, 5.74) is 8.03. The SMILES string of the molecule is Cc1c(-c2ccc3c(C)cccc3[n+]2C)cc(C(C)(C)C)c2ccccc12. The summed E-state index contributed by atoms with van der Waals surface area (Å²) in [7, 11) is 2.18. The average Bonchev–Trinajstić information content (AvgIpc) is 2.63. The highest BCUT2D eigenvalue weighted by Crippen LogP contribution is 2.37. The van der Waals surface area contributed by atoms with Gasteiger partial charge in [-0.25, -0.2) is 0 Å². The van der Waals surface area contributed by atoms with E-state index in [9.17, 15) is 0 Å². The number of hydrogen-bond donors (Lipinski definition) is 0. The third kappa shape index (κ3) is 2.82. The Kier molecular flexibility index (Phi) is 4.07. The van der Waals surface area contributed by atoms with Gasteiger partial charge < -0.3 is 0 Å².